The van der Waals surface area contributed by atoms with Gasteiger partial charge in [-0.15, -0.1) is 0 Å². The van der Waals surface area contributed by atoms with Crippen LogP contribution in [0.4, 0.5) is 0 Å². The summed E-state index contributed by atoms with van der Waals surface area (Å²) in [6.07, 6.45) is 0. The maximum absolute atomic E-state index is 4.56. The molecule has 0 aromatic rings. The molecule has 0 bridgehead atoms. The third kappa shape index (κ3) is 32.6. The first-order valence-electron chi connectivity index (χ1n) is 4.58. The van der Waals surface area contributed by atoms with Gasteiger partial charge in [0.1, 0.15) is 0 Å². The molecular weight excluding hydrogens is 552 g/mol. The van der Waals surface area contributed by atoms with E-state index in [4.69, 9.17) is 0 Å². The summed E-state index contributed by atoms with van der Waals surface area (Å²) in [5, 5.41) is 0. The van der Waals surface area contributed by atoms with Gasteiger partial charge in [-0.3, -0.25) is 0 Å². The Morgan fingerprint density at radius 2 is 0.684 bits per heavy atom. The minimum atomic E-state index is 0. The molecule has 3 nitrogen and oxygen atoms in total. The molecule has 0 spiro atoms. The van der Waals surface area contributed by atoms with E-state index in [-0.39, 0.29) is 34.8 Å². The smallest absolute Gasteiger partial charge is 0.411 e. The summed E-state index contributed by atoms with van der Waals surface area (Å²) in [5.74, 6) is 0. The number of hydrogen-bond acceptors (Lipinski definition) is 6. The van der Waals surface area contributed by atoms with Gasteiger partial charge in [0.2, 0.25) is 0 Å². The van der Waals surface area contributed by atoms with Gasteiger partial charge in [-0.1, -0.05) is 13.0 Å². The predicted octanol–water partition coefficient (Wildman–Crippen LogP) is 2.23. The topological polar surface area (TPSA) is 9.72 Å². The van der Waals surface area contributed by atoms with Crippen molar-refractivity contribution in [2.45, 2.75) is 0 Å². The Morgan fingerprint density at radius 3 is 0.684 bits per heavy atom. The summed E-state index contributed by atoms with van der Waals surface area (Å²) < 4.78 is 1.53. The van der Waals surface area contributed by atoms with Gasteiger partial charge in [0.05, 0.1) is 0 Å². The molecule has 0 saturated heterocycles. The van der Waals surface area contributed by atoms with Crippen LogP contribution in [0.15, 0.2) is 0 Å². The second-order valence-electron chi connectivity index (χ2n) is 3.48. The molecule has 0 aromatic carbocycles. The maximum Gasteiger partial charge on any atom is 3.00 e. The van der Waals surface area contributed by atoms with Crippen molar-refractivity contribution in [1.82, 2.24) is 14.7 Å². The second kappa shape index (κ2) is 17.3. The van der Waals surface area contributed by atoms with Crippen molar-refractivity contribution in [2.75, 3.05) is 42.3 Å². The van der Waals surface area contributed by atoms with E-state index in [2.05, 4.69) is 74.5 Å². The molecule has 10 heteroatoms. The summed E-state index contributed by atoms with van der Waals surface area (Å²) in [4.78, 5) is 5.14. The van der Waals surface area contributed by atoms with Gasteiger partial charge in [0, 0.05) is 50.8 Å². The van der Waals surface area contributed by atoms with Crippen molar-refractivity contribution in [3.8, 4) is 0 Å². The fourth-order valence-electron chi connectivity index (χ4n) is 0. The summed E-state index contributed by atoms with van der Waals surface area (Å²) in [6.45, 7) is 0. The quantitative estimate of drug-likeness (QED) is 0.240. The van der Waals surface area contributed by atoms with Crippen LogP contribution in [0, 0.1) is 0 Å². The Kier molecular flexibility index (Phi) is 25.8. The molecule has 0 saturated carbocycles. The number of nitrogens with zero attached hydrogens (tertiary/aromatic N) is 3. The average molecular weight is 582 g/mol. The van der Waals surface area contributed by atoms with Crippen molar-refractivity contribution < 1.29 is 8.56 Å². The Bertz CT molecular complexity index is 248. The van der Waals surface area contributed by atoms with Crippen molar-refractivity contribution in [1.29, 1.82) is 0 Å². The van der Waals surface area contributed by atoms with Gasteiger partial charge >= 0.3 is 26.2 Å². The van der Waals surface area contributed by atoms with Crippen molar-refractivity contribution in [3.05, 3.63) is 0 Å². The predicted molar refractivity (Wildman–Crippen MR) is 119 cm³/mol. The number of rotatable bonds is 0. The van der Waals surface area contributed by atoms with Crippen LogP contribution >= 0.6 is 36.7 Å². The number of hydrogen-bond donors (Lipinski definition) is 0. The first-order valence-corrected chi connectivity index (χ1v) is 7.03. The summed E-state index contributed by atoms with van der Waals surface area (Å²) >= 11 is 27.4. The largest absolute Gasteiger partial charge is 3.00 e. The molecule has 0 aliphatic rings. The molecule has 0 amide bonds. The Balaban J connectivity index is -0.0000000148. The van der Waals surface area contributed by atoms with Gasteiger partial charge in [-0.25, -0.2) is 0 Å². The molecule has 0 N–H and O–H groups in total. The molecule has 0 aliphatic carbocycles. The van der Waals surface area contributed by atoms with E-state index in [1.54, 1.807) is 14.7 Å². The monoisotopic (exact) mass is 581 g/mol. The van der Waals surface area contributed by atoms with Gasteiger partial charge in [0.15, 0.2) is 0 Å². The minimum Gasteiger partial charge on any atom is -0.411 e. The van der Waals surface area contributed by atoms with Crippen molar-refractivity contribution >= 4 is 114 Å². The van der Waals surface area contributed by atoms with Crippen LogP contribution in [-0.2, 0) is 37.9 Å². The molecule has 0 heterocycles. The van der Waals surface area contributed by atoms with Crippen LogP contribution in [0.1, 0.15) is 8.56 Å². The molecule has 2 radical (unpaired) electrons. The molecule has 0 rings (SSSR count). The Morgan fingerprint density at radius 1 is 0.632 bits per heavy atom. The third-order valence-corrected chi connectivity index (χ3v) is 3.29. The molecule has 122 valence electrons. The fourth-order valence-corrected chi connectivity index (χ4v) is 0. The Labute approximate surface area is 178 Å². The van der Waals surface area contributed by atoms with E-state index in [0.717, 1.165) is 0 Å². The summed E-state index contributed by atoms with van der Waals surface area (Å²) in [5.41, 5.74) is 0. The molecule has 0 fully saturated rings. The van der Waals surface area contributed by atoms with Crippen LogP contribution in [0.5, 0.6) is 0 Å². The second-order valence-corrected chi connectivity index (χ2v) is 6.58. The van der Waals surface area contributed by atoms with Crippen LogP contribution in [0.3, 0.4) is 0 Å². The number of thiocarbonyl (C=S) groups is 3. The third-order valence-electron chi connectivity index (χ3n) is 1.10. The molecule has 0 aromatic heterocycles. The minimum absolute atomic E-state index is 0. The standard InChI is InChI=1S/3C3H7NS2.Bi.6H2/c3*1-4(2)3(5)6;;;;;;;/h3*1-2H3,(H,5,6);;6*1H/q;;;+3;;;;;;/p-3. The van der Waals surface area contributed by atoms with Gasteiger partial charge in [-0.2, -0.15) is 0 Å². The SMILES string of the molecule is CN(C)C(=S)[S-].CN(C)C(=S)[S-].CN(C)C(=S)[S-].[Bi+3].[HH].[HH].[HH].[HH].[HH].[HH]. The van der Waals surface area contributed by atoms with Gasteiger partial charge in [0.25, 0.3) is 0 Å². The van der Waals surface area contributed by atoms with Crippen LogP contribution in [0.25, 0.3) is 0 Å². The van der Waals surface area contributed by atoms with E-state index in [0.29, 0.717) is 13.0 Å². The van der Waals surface area contributed by atoms with E-state index >= 15 is 0 Å². The van der Waals surface area contributed by atoms with E-state index in [1.807, 2.05) is 42.3 Å². The summed E-state index contributed by atoms with van der Waals surface area (Å²) in [6, 6.07) is 0. The zero-order valence-electron chi connectivity index (χ0n) is 11.7. The normalized spacial score (nSPS) is 7.26. The Hall–Kier alpha value is 1.21. The van der Waals surface area contributed by atoms with Crippen LogP contribution in [0.2, 0.25) is 0 Å². The van der Waals surface area contributed by atoms with Gasteiger partial charge in [-0.05, 0) is 0 Å². The van der Waals surface area contributed by atoms with Gasteiger partial charge < -0.3 is 89.2 Å². The molecular formula is C9H30BiN3S6. The molecule has 19 heavy (non-hydrogen) atoms. The van der Waals surface area contributed by atoms with Crippen molar-refractivity contribution in [3.63, 3.8) is 0 Å². The van der Waals surface area contributed by atoms with E-state index < -0.39 is 0 Å². The fraction of sp³-hybridized carbons (Fsp3) is 0.667. The maximum atomic E-state index is 4.56. The van der Waals surface area contributed by atoms with E-state index in [1.165, 1.54) is 0 Å². The van der Waals surface area contributed by atoms with E-state index in [9.17, 15) is 0 Å². The van der Waals surface area contributed by atoms with Crippen LogP contribution < -0.4 is 0 Å². The first kappa shape index (κ1) is 28.4. The molecule has 0 aliphatic heterocycles. The average Bonchev–Trinajstić information content (AvgIpc) is 2.18. The molecule has 0 atom stereocenters. The molecule has 0 unspecified atom stereocenters. The van der Waals surface area contributed by atoms with Crippen LogP contribution in [-0.4, -0.2) is 96.2 Å². The summed E-state index contributed by atoms with van der Waals surface area (Å²) in [7, 11) is 11.0. The van der Waals surface area contributed by atoms with Crippen molar-refractivity contribution in [2.24, 2.45) is 0 Å². The zero-order valence-corrected chi connectivity index (χ0v) is 20.1. The zero-order chi connectivity index (χ0) is 15.5. The first-order chi connectivity index (χ1) is 7.93.